The summed E-state index contributed by atoms with van der Waals surface area (Å²) in [6.07, 6.45) is 3.79. The third-order valence-electron chi connectivity index (χ3n) is 3.56. The van der Waals surface area contributed by atoms with Crippen LogP contribution in [0.1, 0.15) is 39.5 Å². The van der Waals surface area contributed by atoms with Crippen LogP contribution in [-0.4, -0.2) is 48.2 Å². The molecule has 2 N–H and O–H groups in total. The van der Waals surface area contributed by atoms with Crippen LogP contribution in [0, 0.1) is 5.92 Å². The number of carboxylic acids is 1. The summed E-state index contributed by atoms with van der Waals surface area (Å²) in [6.45, 7) is 8.48. The van der Waals surface area contributed by atoms with Crippen LogP contribution in [0.25, 0.3) is 0 Å². The molecule has 4 nitrogen and oxygen atoms in total. The minimum atomic E-state index is -0.691. The molecule has 0 saturated carbocycles. The molecule has 1 unspecified atom stereocenters. The topological polar surface area (TPSA) is 52.6 Å². The maximum Gasteiger partial charge on any atom is 0.304 e. The first-order valence-electron chi connectivity index (χ1n) is 6.80. The van der Waals surface area contributed by atoms with Gasteiger partial charge in [0.15, 0.2) is 0 Å². The molecule has 100 valence electrons. The molecule has 0 aromatic carbocycles. The van der Waals surface area contributed by atoms with Gasteiger partial charge < -0.3 is 10.4 Å². The Morgan fingerprint density at radius 3 is 2.65 bits per heavy atom. The first kappa shape index (κ1) is 14.5. The van der Waals surface area contributed by atoms with E-state index in [0.29, 0.717) is 0 Å². The lowest BCUT2D eigenvalue weighted by atomic mass is 9.96. The lowest BCUT2D eigenvalue weighted by molar-refractivity contribution is -0.138. The van der Waals surface area contributed by atoms with Gasteiger partial charge in [-0.1, -0.05) is 6.92 Å². The van der Waals surface area contributed by atoms with Gasteiger partial charge in [0, 0.05) is 12.6 Å². The van der Waals surface area contributed by atoms with E-state index >= 15 is 0 Å². The fourth-order valence-electron chi connectivity index (χ4n) is 2.56. The van der Waals surface area contributed by atoms with Crippen LogP contribution >= 0.6 is 0 Å². The highest BCUT2D eigenvalue weighted by Gasteiger charge is 2.21. The number of nitrogens with one attached hydrogen (secondary N) is 1. The molecule has 0 aliphatic carbocycles. The van der Waals surface area contributed by atoms with Crippen molar-refractivity contribution >= 4 is 5.97 Å². The van der Waals surface area contributed by atoms with Gasteiger partial charge in [-0.15, -0.1) is 0 Å². The van der Waals surface area contributed by atoms with Gasteiger partial charge in [0.1, 0.15) is 0 Å². The number of rotatable bonds is 7. The summed E-state index contributed by atoms with van der Waals surface area (Å²) in [6, 6.07) is 0.155. The molecule has 17 heavy (non-hydrogen) atoms. The van der Waals surface area contributed by atoms with Gasteiger partial charge in [-0.2, -0.15) is 0 Å². The van der Waals surface area contributed by atoms with Crippen LogP contribution in [0.4, 0.5) is 0 Å². The van der Waals surface area contributed by atoms with Crippen LogP contribution in [0.15, 0.2) is 0 Å². The van der Waals surface area contributed by atoms with E-state index in [4.69, 9.17) is 5.11 Å². The van der Waals surface area contributed by atoms with E-state index in [-0.39, 0.29) is 12.5 Å². The molecule has 1 aliphatic heterocycles. The quantitative estimate of drug-likeness (QED) is 0.711. The van der Waals surface area contributed by atoms with Gasteiger partial charge >= 0.3 is 5.97 Å². The Labute approximate surface area is 104 Å². The number of piperidine rings is 1. The fraction of sp³-hybridized carbons (Fsp3) is 0.923. The normalized spacial score (nSPS) is 19.5. The first-order chi connectivity index (χ1) is 8.13. The van der Waals surface area contributed by atoms with Crippen LogP contribution in [0.3, 0.4) is 0 Å². The molecule has 0 aromatic heterocycles. The van der Waals surface area contributed by atoms with Crippen molar-refractivity contribution in [2.24, 2.45) is 5.92 Å². The third-order valence-corrected chi connectivity index (χ3v) is 3.56. The monoisotopic (exact) mass is 242 g/mol. The number of aliphatic carboxylic acids is 1. The molecule has 1 atom stereocenters. The molecular weight excluding hydrogens is 216 g/mol. The fourth-order valence-corrected chi connectivity index (χ4v) is 2.56. The van der Waals surface area contributed by atoms with Crippen molar-refractivity contribution in [3.05, 3.63) is 0 Å². The van der Waals surface area contributed by atoms with Crippen LogP contribution in [-0.2, 0) is 4.79 Å². The molecule has 1 saturated heterocycles. The van der Waals surface area contributed by atoms with Crippen molar-refractivity contribution in [3.63, 3.8) is 0 Å². The molecule has 1 aliphatic rings. The summed E-state index contributed by atoms with van der Waals surface area (Å²) in [7, 11) is 0. The van der Waals surface area contributed by atoms with Gasteiger partial charge in [0.25, 0.3) is 0 Å². The number of carbonyl (C=O) groups is 1. The highest BCUT2D eigenvalue weighted by Crippen LogP contribution is 2.16. The SMILES string of the molecule is CCCN(CC1CCNCC1)C(C)CC(=O)O. The highest BCUT2D eigenvalue weighted by molar-refractivity contribution is 5.67. The number of nitrogens with zero attached hydrogens (tertiary/aromatic N) is 1. The Morgan fingerprint density at radius 2 is 2.12 bits per heavy atom. The van der Waals surface area contributed by atoms with Crippen LogP contribution < -0.4 is 5.32 Å². The van der Waals surface area contributed by atoms with Gasteiger partial charge in [0.05, 0.1) is 6.42 Å². The number of hydrogen-bond donors (Lipinski definition) is 2. The van der Waals surface area contributed by atoms with E-state index in [1.807, 2.05) is 6.92 Å². The molecule has 0 amide bonds. The molecule has 0 radical (unpaired) electrons. The Morgan fingerprint density at radius 1 is 1.47 bits per heavy atom. The second kappa shape index (κ2) is 7.67. The van der Waals surface area contributed by atoms with E-state index in [9.17, 15) is 4.79 Å². The van der Waals surface area contributed by atoms with E-state index in [1.54, 1.807) is 0 Å². The largest absolute Gasteiger partial charge is 0.481 e. The van der Waals surface area contributed by atoms with Gasteiger partial charge in [0.2, 0.25) is 0 Å². The predicted molar refractivity (Wildman–Crippen MR) is 69.2 cm³/mol. The minimum Gasteiger partial charge on any atom is -0.481 e. The molecule has 0 spiro atoms. The lowest BCUT2D eigenvalue weighted by Gasteiger charge is -2.33. The minimum absolute atomic E-state index is 0.155. The van der Waals surface area contributed by atoms with Gasteiger partial charge in [-0.25, -0.2) is 0 Å². The van der Waals surface area contributed by atoms with Gasteiger partial charge in [-0.05, 0) is 51.7 Å². The summed E-state index contributed by atoms with van der Waals surface area (Å²) in [5.41, 5.74) is 0. The summed E-state index contributed by atoms with van der Waals surface area (Å²) in [5, 5.41) is 12.2. The number of hydrogen-bond acceptors (Lipinski definition) is 3. The Balaban J connectivity index is 2.42. The second-order valence-corrected chi connectivity index (χ2v) is 5.14. The Kier molecular flexibility index (Phi) is 6.52. The Hall–Kier alpha value is -0.610. The highest BCUT2D eigenvalue weighted by atomic mass is 16.4. The van der Waals surface area contributed by atoms with Crippen molar-refractivity contribution in [1.29, 1.82) is 0 Å². The summed E-state index contributed by atoms with van der Waals surface area (Å²) in [4.78, 5) is 13.1. The molecule has 1 rings (SSSR count). The molecule has 4 heteroatoms. The molecule has 0 bridgehead atoms. The zero-order valence-electron chi connectivity index (χ0n) is 11.1. The van der Waals surface area contributed by atoms with E-state index < -0.39 is 5.97 Å². The summed E-state index contributed by atoms with van der Waals surface area (Å²) >= 11 is 0. The maximum absolute atomic E-state index is 10.8. The van der Waals surface area contributed by atoms with Crippen molar-refractivity contribution in [1.82, 2.24) is 10.2 Å². The zero-order chi connectivity index (χ0) is 12.7. The maximum atomic E-state index is 10.8. The van der Waals surface area contributed by atoms with Crippen molar-refractivity contribution < 1.29 is 9.90 Å². The first-order valence-corrected chi connectivity index (χ1v) is 6.80. The van der Waals surface area contributed by atoms with Crippen molar-refractivity contribution in [3.8, 4) is 0 Å². The van der Waals surface area contributed by atoms with E-state index in [2.05, 4.69) is 17.1 Å². The molecule has 1 fully saturated rings. The predicted octanol–water partition coefficient (Wildman–Crippen LogP) is 1.56. The Bertz CT molecular complexity index is 227. The molecule has 0 aromatic rings. The van der Waals surface area contributed by atoms with Crippen LogP contribution in [0.5, 0.6) is 0 Å². The smallest absolute Gasteiger partial charge is 0.304 e. The van der Waals surface area contributed by atoms with Crippen molar-refractivity contribution in [2.75, 3.05) is 26.2 Å². The third kappa shape index (κ3) is 5.50. The molecular formula is C13H26N2O2. The summed E-state index contributed by atoms with van der Waals surface area (Å²) in [5.74, 6) is 0.0444. The second-order valence-electron chi connectivity index (χ2n) is 5.14. The average molecular weight is 242 g/mol. The summed E-state index contributed by atoms with van der Waals surface area (Å²) < 4.78 is 0. The lowest BCUT2D eigenvalue weighted by Crippen LogP contribution is -2.41. The molecule has 1 heterocycles. The van der Waals surface area contributed by atoms with Crippen LogP contribution in [0.2, 0.25) is 0 Å². The van der Waals surface area contributed by atoms with Gasteiger partial charge in [-0.3, -0.25) is 9.69 Å². The zero-order valence-corrected chi connectivity index (χ0v) is 11.1. The van der Waals surface area contributed by atoms with Crippen molar-refractivity contribution in [2.45, 2.75) is 45.6 Å². The van der Waals surface area contributed by atoms with E-state index in [0.717, 1.165) is 38.5 Å². The van der Waals surface area contributed by atoms with E-state index in [1.165, 1.54) is 12.8 Å². The average Bonchev–Trinajstić information content (AvgIpc) is 2.29. The number of carboxylic acid groups (broad SMARTS) is 1. The standard InChI is InChI=1S/C13H26N2O2/c1-3-8-15(11(2)9-13(16)17)10-12-4-6-14-7-5-12/h11-12,14H,3-10H2,1-2H3,(H,16,17).